The maximum Gasteiger partial charge on any atom is 0.249 e. The van der Waals surface area contributed by atoms with Crippen LogP contribution < -0.4 is 15.8 Å². The Morgan fingerprint density at radius 2 is 2.08 bits per heavy atom. The van der Waals surface area contributed by atoms with E-state index in [0.717, 1.165) is 24.9 Å². The summed E-state index contributed by atoms with van der Waals surface area (Å²) in [5, 5.41) is 7.75. The zero-order valence-corrected chi connectivity index (χ0v) is 22.0. The zero-order valence-electron chi connectivity index (χ0n) is 21.3. The number of rotatable bonds is 7. The summed E-state index contributed by atoms with van der Waals surface area (Å²) in [4.78, 5) is 12.6. The first-order valence-electron chi connectivity index (χ1n) is 12.8. The van der Waals surface area contributed by atoms with E-state index in [1.54, 1.807) is 7.11 Å². The molecule has 2 aliphatic rings. The number of aromatic nitrogens is 2. The lowest BCUT2D eigenvalue weighted by atomic mass is 9.80. The Kier molecular flexibility index (Phi) is 6.53. The first-order chi connectivity index (χ1) is 18.8. The molecule has 2 atom stereocenters. The lowest BCUT2D eigenvalue weighted by Gasteiger charge is -2.35. The van der Waals surface area contributed by atoms with E-state index in [0.29, 0.717) is 25.1 Å². The predicted octanol–water partition coefficient (Wildman–Crippen LogP) is 4.96. The van der Waals surface area contributed by atoms with Gasteiger partial charge in [-0.2, -0.15) is 5.10 Å². The molecule has 39 heavy (non-hydrogen) atoms. The van der Waals surface area contributed by atoms with Crippen LogP contribution in [0.25, 0.3) is 22.0 Å². The van der Waals surface area contributed by atoms with Crippen LogP contribution in [0.2, 0.25) is 5.02 Å². The van der Waals surface area contributed by atoms with Crippen LogP contribution in [0.15, 0.2) is 48.7 Å². The average Bonchev–Trinajstić information content (AvgIpc) is 3.68. The molecule has 202 valence electrons. The van der Waals surface area contributed by atoms with Crippen LogP contribution in [0.4, 0.5) is 8.78 Å². The molecular weight excluding hydrogens is 526 g/mol. The van der Waals surface area contributed by atoms with Gasteiger partial charge in [-0.15, -0.1) is 0 Å². The quantitative estimate of drug-likeness (QED) is 0.338. The number of nitrogens with zero attached hydrogens (tertiary/aromatic N) is 2. The van der Waals surface area contributed by atoms with E-state index in [2.05, 4.69) is 10.4 Å². The molecule has 3 heterocycles. The number of nitrogens with two attached hydrogens (primary N) is 1. The first kappa shape index (κ1) is 25.7. The molecule has 0 radical (unpaired) electrons. The molecule has 4 aromatic rings. The van der Waals surface area contributed by atoms with Crippen molar-refractivity contribution in [2.24, 2.45) is 5.73 Å². The molecule has 3 aromatic carbocycles. The third-order valence-electron chi connectivity index (χ3n) is 7.74. The lowest BCUT2D eigenvalue weighted by molar-refractivity contribution is 0.0539. The van der Waals surface area contributed by atoms with Crippen molar-refractivity contribution in [1.82, 2.24) is 15.1 Å². The molecule has 6 rings (SSSR count). The molecule has 0 saturated carbocycles. The normalized spacial score (nSPS) is 20.4. The van der Waals surface area contributed by atoms with Crippen molar-refractivity contribution in [3.63, 3.8) is 0 Å². The number of amides is 1. The Balaban J connectivity index is 1.58. The summed E-state index contributed by atoms with van der Waals surface area (Å²) in [5.41, 5.74) is 6.32. The average molecular weight is 553 g/mol. The molecule has 3 N–H and O–H groups in total. The van der Waals surface area contributed by atoms with Gasteiger partial charge in [-0.1, -0.05) is 41.9 Å². The summed E-state index contributed by atoms with van der Waals surface area (Å²) in [6, 6.07) is 12.3. The Hall–Kier alpha value is -3.53. The van der Waals surface area contributed by atoms with Crippen molar-refractivity contribution >= 4 is 28.4 Å². The number of carbonyl (C=O) groups excluding carboxylic acids is 1. The van der Waals surface area contributed by atoms with Crippen LogP contribution in [0, 0.1) is 11.6 Å². The second-order valence-electron chi connectivity index (χ2n) is 10.0. The number of hydrogen-bond acceptors (Lipinski definition) is 5. The van der Waals surface area contributed by atoms with E-state index >= 15 is 8.78 Å². The Morgan fingerprint density at radius 1 is 1.28 bits per heavy atom. The molecule has 1 amide bonds. The van der Waals surface area contributed by atoms with Crippen LogP contribution in [0.1, 0.15) is 34.3 Å². The summed E-state index contributed by atoms with van der Waals surface area (Å²) < 4.78 is 45.0. The number of ether oxygens (including phenoxy) is 2. The van der Waals surface area contributed by atoms with Gasteiger partial charge < -0.3 is 20.5 Å². The summed E-state index contributed by atoms with van der Waals surface area (Å²) in [6.07, 6.45) is 3.63. The summed E-state index contributed by atoms with van der Waals surface area (Å²) in [7, 11) is 1.55. The van der Waals surface area contributed by atoms with E-state index in [-0.39, 0.29) is 44.4 Å². The fraction of sp³-hybridized carbons (Fsp3) is 0.310. The molecular formula is C29H27ClF2N4O3. The van der Waals surface area contributed by atoms with Crippen molar-refractivity contribution in [3.8, 4) is 16.9 Å². The number of halogens is 3. The maximum atomic E-state index is 16.4. The van der Waals surface area contributed by atoms with Crippen LogP contribution in [-0.2, 0) is 23.3 Å². The smallest absolute Gasteiger partial charge is 0.249 e. The number of primary amides is 1. The Morgan fingerprint density at radius 3 is 2.77 bits per heavy atom. The minimum Gasteiger partial charge on any atom is -0.480 e. The highest BCUT2D eigenvalue weighted by atomic mass is 35.5. The third kappa shape index (κ3) is 4.16. The van der Waals surface area contributed by atoms with Crippen molar-refractivity contribution in [2.75, 3.05) is 20.3 Å². The molecule has 1 saturated heterocycles. The number of fused-ring (bicyclic) bond motifs is 2. The van der Waals surface area contributed by atoms with Crippen molar-refractivity contribution in [2.45, 2.75) is 37.5 Å². The minimum atomic E-state index is -0.878. The van der Waals surface area contributed by atoms with Gasteiger partial charge >= 0.3 is 0 Å². The molecule has 1 aromatic heterocycles. The van der Waals surface area contributed by atoms with Gasteiger partial charge in [0.15, 0.2) is 5.60 Å². The Labute approximate surface area is 228 Å². The molecule has 7 nitrogen and oxygen atoms in total. The van der Waals surface area contributed by atoms with Crippen LogP contribution in [-0.4, -0.2) is 42.0 Å². The first-order valence-corrected chi connectivity index (χ1v) is 13.2. The number of nitrogens with one attached hydrogen (secondary N) is 1. The standard InChI is InChI=1S/C29H27ClF2N4O3/c1-38-11-10-36-15-19-21(35-36)12-17(28(33)37)25(27(19)32)24-18-14-29(23-8-5-9-34-23,16-6-3-2-4-7-16)39-22(18)13-20(31)26(24)30/h2-4,6-7,12-13,15,23,34H,5,8-11,14H2,1H3,(H2,33,37)/t23-,29-/m0/s1. The highest BCUT2D eigenvalue weighted by molar-refractivity contribution is 6.34. The van der Waals surface area contributed by atoms with E-state index in [4.69, 9.17) is 26.8 Å². The van der Waals surface area contributed by atoms with Gasteiger partial charge in [-0.05, 0) is 31.0 Å². The van der Waals surface area contributed by atoms with Crippen LogP contribution in [0.3, 0.4) is 0 Å². The van der Waals surface area contributed by atoms with Gasteiger partial charge in [0.1, 0.15) is 17.4 Å². The van der Waals surface area contributed by atoms with Gasteiger partial charge in [0.2, 0.25) is 5.91 Å². The highest BCUT2D eigenvalue weighted by Gasteiger charge is 2.50. The second-order valence-corrected chi connectivity index (χ2v) is 10.4. The molecule has 10 heteroatoms. The molecule has 0 bridgehead atoms. The summed E-state index contributed by atoms with van der Waals surface area (Å²) in [5.74, 6) is -2.15. The van der Waals surface area contributed by atoms with E-state index in [9.17, 15) is 4.79 Å². The van der Waals surface area contributed by atoms with Gasteiger partial charge in [0.05, 0.1) is 40.7 Å². The van der Waals surface area contributed by atoms with Gasteiger partial charge in [0.25, 0.3) is 0 Å². The third-order valence-corrected chi connectivity index (χ3v) is 8.11. The maximum absolute atomic E-state index is 16.4. The number of benzene rings is 3. The number of hydrogen-bond donors (Lipinski definition) is 2. The van der Waals surface area contributed by atoms with Gasteiger partial charge in [-0.25, -0.2) is 8.78 Å². The number of carbonyl (C=O) groups is 1. The lowest BCUT2D eigenvalue weighted by Crippen LogP contribution is -2.48. The SMILES string of the molecule is COCCn1cc2c(F)c(-c3c(Cl)c(F)cc4c3C[C@](c3ccccc3)([C@@H]3CCCN3)O4)c(C(N)=O)cc2n1. The molecule has 0 unspecified atom stereocenters. The summed E-state index contributed by atoms with van der Waals surface area (Å²) in [6.45, 7) is 1.57. The molecule has 1 fully saturated rings. The van der Waals surface area contributed by atoms with E-state index in [1.807, 2.05) is 30.3 Å². The minimum absolute atomic E-state index is 0.0658. The van der Waals surface area contributed by atoms with Crippen molar-refractivity contribution < 1.29 is 23.0 Å². The molecule has 0 spiro atoms. The van der Waals surface area contributed by atoms with Crippen LogP contribution in [0.5, 0.6) is 5.75 Å². The van der Waals surface area contributed by atoms with Gasteiger partial charge in [-0.3, -0.25) is 9.48 Å². The molecule has 0 aliphatic carbocycles. The number of methoxy groups -OCH3 is 1. The predicted molar refractivity (Wildman–Crippen MR) is 144 cm³/mol. The van der Waals surface area contributed by atoms with E-state index < -0.39 is 23.1 Å². The highest BCUT2D eigenvalue weighted by Crippen LogP contribution is 2.52. The summed E-state index contributed by atoms with van der Waals surface area (Å²) >= 11 is 6.58. The Bertz CT molecular complexity index is 1590. The second kappa shape index (κ2) is 9.89. The fourth-order valence-corrected chi connectivity index (χ4v) is 6.20. The monoisotopic (exact) mass is 552 g/mol. The van der Waals surface area contributed by atoms with Crippen LogP contribution >= 0.6 is 11.6 Å². The van der Waals surface area contributed by atoms with Crippen molar-refractivity contribution in [3.05, 3.63) is 82.0 Å². The zero-order chi connectivity index (χ0) is 27.3. The fourth-order valence-electron chi connectivity index (χ4n) is 5.93. The molecule has 2 aliphatic heterocycles. The largest absolute Gasteiger partial charge is 0.480 e. The van der Waals surface area contributed by atoms with Crippen molar-refractivity contribution in [1.29, 1.82) is 0 Å². The van der Waals surface area contributed by atoms with E-state index in [1.165, 1.54) is 23.0 Å². The van der Waals surface area contributed by atoms with Gasteiger partial charge in [0, 0.05) is 42.5 Å². The topological polar surface area (TPSA) is 91.4 Å².